The van der Waals surface area contributed by atoms with E-state index < -0.39 is 25.5 Å². The van der Waals surface area contributed by atoms with Crippen LogP contribution in [-0.4, -0.2) is 32.9 Å². The van der Waals surface area contributed by atoms with E-state index in [0.717, 1.165) is 18.2 Å². The molecule has 9 nitrogen and oxygen atoms in total. The van der Waals surface area contributed by atoms with Crippen molar-refractivity contribution < 1.29 is 22.9 Å². The standard InChI is InChI=1S/C11H15N3O6S/c1-13-11(15)3-2-6-20-9-5-4-8(14(16)17)7-10(9)21(12,18)19/h4-5,7H,2-3,6H2,1H3,(H,13,15)(H2,12,18,19). The molecule has 0 aliphatic heterocycles. The molecule has 0 radical (unpaired) electrons. The first-order chi connectivity index (χ1) is 9.75. The summed E-state index contributed by atoms with van der Waals surface area (Å²) < 4.78 is 28.1. The number of nitrogens with zero attached hydrogens (tertiary/aromatic N) is 1. The molecule has 0 aliphatic rings. The van der Waals surface area contributed by atoms with Gasteiger partial charge in [-0.15, -0.1) is 0 Å². The molecule has 0 atom stereocenters. The molecule has 0 saturated carbocycles. The number of nitro groups is 1. The van der Waals surface area contributed by atoms with Crippen LogP contribution in [0.3, 0.4) is 0 Å². The van der Waals surface area contributed by atoms with Crippen LogP contribution in [0.15, 0.2) is 23.1 Å². The lowest BCUT2D eigenvalue weighted by atomic mass is 10.3. The Bertz CT molecular complexity index is 643. The Balaban J connectivity index is 2.87. The molecule has 0 heterocycles. The van der Waals surface area contributed by atoms with Crippen molar-refractivity contribution in [3.63, 3.8) is 0 Å². The van der Waals surface area contributed by atoms with E-state index in [2.05, 4.69) is 5.32 Å². The molecule has 1 amide bonds. The molecule has 10 heteroatoms. The Hall–Kier alpha value is -2.20. The fourth-order valence-corrected chi connectivity index (χ4v) is 2.18. The zero-order valence-corrected chi connectivity index (χ0v) is 12.1. The molecule has 0 saturated heterocycles. The minimum Gasteiger partial charge on any atom is -0.492 e. The maximum absolute atomic E-state index is 11.4. The molecule has 0 unspecified atom stereocenters. The highest BCUT2D eigenvalue weighted by molar-refractivity contribution is 7.89. The van der Waals surface area contributed by atoms with Crippen LogP contribution in [-0.2, 0) is 14.8 Å². The van der Waals surface area contributed by atoms with E-state index in [-0.39, 0.29) is 24.7 Å². The summed E-state index contributed by atoms with van der Waals surface area (Å²) in [6.45, 7) is 0.0771. The zero-order valence-electron chi connectivity index (χ0n) is 11.2. The topological polar surface area (TPSA) is 142 Å². The minimum atomic E-state index is -4.16. The Morgan fingerprint density at radius 3 is 2.67 bits per heavy atom. The second kappa shape index (κ2) is 6.99. The van der Waals surface area contributed by atoms with Crippen molar-refractivity contribution in [3.8, 4) is 5.75 Å². The third-order valence-electron chi connectivity index (χ3n) is 2.53. The number of rotatable bonds is 7. The summed E-state index contributed by atoms with van der Waals surface area (Å²) in [4.78, 5) is 20.5. The normalized spacial score (nSPS) is 11.0. The quantitative estimate of drug-likeness (QED) is 0.416. The molecular weight excluding hydrogens is 302 g/mol. The van der Waals surface area contributed by atoms with Gasteiger partial charge in [0.15, 0.2) is 0 Å². The summed E-state index contributed by atoms with van der Waals surface area (Å²) in [5.74, 6) is -0.256. The van der Waals surface area contributed by atoms with Gasteiger partial charge < -0.3 is 10.1 Å². The molecule has 0 aromatic heterocycles. The third kappa shape index (κ3) is 5.00. The van der Waals surface area contributed by atoms with Crippen LogP contribution in [0.4, 0.5) is 5.69 Å². The number of nitrogens with one attached hydrogen (secondary N) is 1. The minimum absolute atomic E-state index is 0.0771. The van der Waals surface area contributed by atoms with Crippen molar-refractivity contribution >= 4 is 21.6 Å². The molecule has 116 valence electrons. The first kappa shape index (κ1) is 16.9. The summed E-state index contributed by atoms with van der Waals surface area (Å²) in [5, 5.41) is 18.1. The van der Waals surface area contributed by atoms with Gasteiger partial charge in [-0.05, 0) is 12.5 Å². The zero-order chi connectivity index (χ0) is 16.0. The number of nitro benzene ring substituents is 1. The maximum Gasteiger partial charge on any atom is 0.271 e. The second-order valence-corrected chi connectivity index (χ2v) is 5.59. The Morgan fingerprint density at radius 1 is 1.48 bits per heavy atom. The van der Waals surface area contributed by atoms with E-state index in [4.69, 9.17) is 9.88 Å². The number of carbonyl (C=O) groups is 1. The summed E-state index contributed by atoms with van der Waals surface area (Å²) in [7, 11) is -2.66. The molecule has 0 aliphatic carbocycles. The lowest BCUT2D eigenvalue weighted by Crippen LogP contribution is -2.18. The van der Waals surface area contributed by atoms with Crippen molar-refractivity contribution in [2.45, 2.75) is 17.7 Å². The van der Waals surface area contributed by atoms with Gasteiger partial charge in [0, 0.05) is 25.6 Å². The molecular formula is C11H15N3O6S. The summed E-state index contributed by atoms with van der Waals surface area (Å²) in [5.41, 5.74) is -0.406. The highest BCUT2D eigenvalue weighted by Gasteiger charge is 2.20. The molecule has 0 bridgehead atoms. The van der Waals surface area contributed by atoms with Gasteiger partial charge in [0.25, 0.3) is 5.69 Å². The van der Waals surface area contributed by atoms with Crippen molar-refractivity contribution in [3.05, 3.63) is 28.3 Å². The van der Waals surface area contributed by atoms with Crippen molar-refractivity contribution in [1.82, 2.24) is 5.32 Å². The van der Waals surface area contributed by atoms with Crippen LogP contribution in [0.1, 0.15) is 12.8 Å². The highest BCUT2D eigenvalue weighted by Crippen LogP contribution is 2.27. The van der Waals surface area contributed by atoms with E-state index in [0.29, 0.717) is 6.42 Å². The Kier molecular flexibility index (Phi) is 5.61. The number of benzene rings is 1. The fraction of sp³-hybridized carbons (Fsp3) is 0.364. The van der Waals surface area contributed by atoms with E-state index >= 15 is 0 Å². The van der Waals surface area contributed by atoms with Gasteiger partial charge in [0.05, 0.1) is 11.5 Å². The number of carbonyl (C=O) groups excluding carboxylic acids is 1. The van der Waals surface area contributed by atoms with E-state index in [1.54, 1.807) is 0 Å². The van der Waals surface area contributed by atoms with Gasteiger partial charge in [-0.3, -0.25) is 14.9 Å². The second-order valence-electron chi connectivity index (χ2n) is 4.06. The van der Waals surface area contributed by atoms with Crippen LogP contribution in [0.5, 0.6) is 5.75 Å². The number of sulfonamides is 1. The van der Waals surface area contributed by atoms with Crippen molar-refractivity contribution in [1.29, 1.82) is 0 Å². The van der Waals surface area contributed by atoms with E-state index in [1.807, 2.05) is 0 Å². The maximum atomic E-state index is 11.4. The van der Waals surface area contributed by atoms with E-state index in [1.165, 1.54) is 7.05 Å². The number of nitrogens with two attached hydrogens (primary N) is 1. The summed E-state index contributed by atoms with van der Waals surface area (Å²) in [6, 6.07) is 3.12. The number of amides is 1. The fourth-order valence-electron chi connectivity index (χ4n) is 1.49. The molecule has 1 rings (SSSR count). The molecule has 1 aromatic carbocycles. The van der Waals surface area contributed by atoms with Crippen LogP contribution >= 0.6 is 0 Å². The van der Waals surface area contributed by atoms with Gasteiger partial charge in [-0.1, -0.05) is 0 Å². The molecule has 21 heavy (non-hydrogen) atoms. The first-order valence-corrected chi connectivity index (χ1v) is 7.45. The number of ether oxygens (including phenoxy) is 1. The number of non-ortho nitro benzene ring substituents is 1. The van der Waals surface area contributed by atoms with Crippen LogP contribution in [0.25, 0.3) is 0 Å². The third-order valence-corrected chi connectivity index (χ3v) is 3.46. The number of hydrogen-bond donors (Lipinski definition) is 2. The first-order valence-electron chi connectivity index (χ1n) is 5.90. The van der Waals surface area contributed by atoms with Crippen LogP contribution in [0, 0.1) is 10.1 Å². The molecule has 1 aromatic rings. The van der Waals surface area contributed by atoms with Crippen molar-refractivity contribution in [2.24, 2.45) is 5.14 Å². The largest absolute Gasteiger partial charge is 0.492 e. The molecule has 3 N–H and O–H groups in total. The van der Waals surface area contributed by atoms with Gasteiger partial charge in [-0.2, -0.15) is 0 Å². The van der Waals surface area contributed by atoms with Gasteiger partial charge in [0.2, 0.25) is 15.9 Å². The van der Waals surface area contributed by atoms with Crippen molar-refractivity contribution in [2.75, 3.05) is 13.7 Å². The lowest BCUT2D eigenvalue weighted by molar-refractivity contribution is -0.385. The van der Waals surface area contributed by atoms with Crippen LogP contribution in [0.2, 0.25) is 0 Å². The number of hydrogen-bond acceptors (Lipinski definition) is 6. The summed E-state index contributed by atoms with van der Waals surface area (Å²) in [6.07, 6.45) is 0.578. The smallest absolute Gasteiger partial charge is 0.271 e. The average molecular weight is 317 g/mol. The SMILES string of the molecule is CNC(=O)CCCOc1ccc([N+](=O)[O-])cc1S(N)(=O)=O. The highest BCUT2D eigenvalue weighted by atomic mass is 32.2. The Morgan fingerprint density at radius 2 is 2.14 bits per heavy atom. The Labute approximate surface area is 121 Å². The van der Waals surface area contributed by atoms with Gasteiger partial charge in [-0.25, -0.2) is 13.6 Å². The predicted molar refractivity (Wildman–Crippen MR) is 73.3 cm³/mol. The van der Waals surface area contributed by atoms with Gasteiger partial charge in [0.1, 0.15) is 10.6 Å². The number of primary sulfonamides is 1. The molecule has 0 spiro atoms. The monoisotopic (exact) mass is 317 g/mol. The lowest BCUT2D eigenvalue weighted by Gasteiger charge is -2.09. The van der Waals surface area contributed by atoms with Gasteiger partial charge >= 0.3 is 0 Å². The van der Waals surface area contributed by atoms with E-state index in [9.17, 15) is 23.3 Å². The molecule has 0 fully saturated rings. The van der Waals surface area contributed by atoms with Crippen LogP contribution < -0.4 is 15.2 Å². The average Bonchev–Trinajstić information content (AvgIpc) is 2.42. The summed E-state index contributed by atoms with van der Waals surface area (Å²) >= 11 is 0. The predicted octanol–water partition coefficient (Wildman–Crippen LogP) is 0.147.